The topological polar surface area (TPSA) is 21.3 Å². The van der Waals surface area contributed by atoms with Gasteiger partial charge in [-0.3, -0.25) is 0 Å². The third-order valence-corrected chi connectivity index (χ3v) is 3.42. The number of benzene rings is 2. The first-order valence-corrected chi connectivity index (χ1v) is 7.11. The maximum absolute atomic E-state index is 13.7. The molecule has 0 fully saturated rings. The van der Waals surface area contributed by atoms with E-state index < -0.39 is 11.6 Å². The molecule has 0 amide bonds. The number of rotatable bonds is 6. The van der Waals surface area contributed by atoms with Gasteiger partial charge in [-0.05, 0) is 28.1 Å². The highest BCUT2D eigenvalue weighted by Crippen LogP contribution is 2.25. The van der Waals surface area contributed by atoms with Crippen molar-refractivity contribution in [3.63, 3.8) is 0 Å². The molecule has 0 aliphatic rings. The Balaban J connectivity index is 2.13. The lowest BCUT2D eigenvalue weighted by atomic mass is 10.2. The van der Waals surface area contributed by atoms with Crippen LogP contribution in [0.25, 0.3) is 0 Å². The van der Waals surface area contributed by atoms with E-state index in [4.69, 9.17) is 4.74 Å². The Kier molecular flexibility index (Phi) is 5.33. The summed E-state index contributed by atoms with van der Waals surface area (Å²) < 4.78 is 32.6. The minimum absolute atomic E-state index is 0.211. The molecule has 0 bridgehead atoms. The highest BCUT2D eigenvalue weighted by Gasteiger charge is 2.09. The molecule has 2 aromatic rings. The zero-order valence-corrected chi connectivity index (χ0v) is 12.8. The molecule has 0 unspecified atom stereocenters. The lowest BCUT2D eigenvalue weighted by molar-refractivity contribution is 0.359. The van der Waals surface area contributed by atoms with Gasteiger partial charge >= 0.3 is 0 Å². The van der Waals surface area contributed by atoms with Gasteiger partial charge in [0.05, 0.1) is 10.2 Å². The van der Waals surface area contributed by atoms with E-state index in [0.717, 1.165) is 11.6 Å². The monoisotopic (exact) mass is 353 g/mol. The molecule has 0 aliphatic carbocycles. The molecule has 21 heavy (non-hydrogen) atoms. The Hall–Kier alpha value is -1.88. The Morgan fingerprint density at radius 1 is 1.19 bits per heavy atom. The van der Waals surface area contributed by atoms with Crippen molar-refractivity contribution in [2.24, 2.45) is 0 Å². The maximum Gasteiger partial charge on any atom is 0.149 e. The Bertz CT molecular complexity index is 646. The van der Waals surface area contributed by atoms with Crippen molar-refractivity contribution in [2.75, 3.05) is 11.9 Å². The molecule has 2 rings (SSSR count). The van der Waals surface area contributed by atoms with Crippen molar-refractivity contribution < 1.29 is 13.5 Å². The number of para-hydroxylation sites is 1. The van der Waals surface area contributed by atoms with Gasteiger partial charge in [-0.25, -0.2) is 8.78 Å². The summed E-state index contributed by atoms with van der Waals surface area (Å²) in [7, 11) is 0. The number of hydrogen-bond donors (Lipinski definition) is 1. The van der Waals surface area contributed by atoms with Gasteiger partial charge in [0.2, 0.25) is 0 Å². The summed E-state index contributed by atoms with van der Waals surface area (Å²) in [6, 6.07) is 9.65. The summed E-state index contributed by atoms with van der Waals surface area (Å²) in [4.78, 5) is 0. The van der Waals surface area contributed by atoms with E-state index >= 15 is 0 Å². The Morgan fingerprint density at radius 3 is 2.71 bits per heavy atom. The number of anilines is 1. The number of hydrogen-bond acceptors (Lipinski definition) is 2. The molecule has 0 saturated carbocycles. The fraction of sp³-hybridized carbons (Fsp3) is 0.125. The van der Waals surface area contributed by atoms with Crippen LogP contribution in [0.1, 0.15) is 5.56 Å². The van der Waals surface area contributed by atoms with Crippen molar-refractivity contribution >= 4 is 21.6 Å². The summed E-state index contributed by atoms with van der Waals surface area (Å²) in [6.07, 6.45) is 1.65. The average Bonchev–Trinajstić information content (AvgIpc) is 2.48. The summed E-state index contributed by atoms with van der Waals surface area (Å²) in [5.41, 5.74) is 1.10. The molecular weight excluding hydrogens is 340 g/mol. The van der Waals surface area contributed by atoms with Crippen molar-refractivity contribution in [2.45, 2.75) is 6.54 Å². The lowest BCUT2D eigenvalue weighted by Crippen LogP contribution is -2.05. The minimum atomic E-state index is -0.639. The van der Waals surface area contributed by atoms with Crippen molar-refractivity contribution in [3.05, 3.63) is 70.7 Å². The van der Waals surface area contributed by atoms with Crippen LogP contribution < -0.4 is 10.1 Å². The van der Waals surface area contributed by atoms with E-state index in [0.29, 0.717) is 18.9 Å². The van der Waals surface area contributed by atoms with Crippen LogP contribution in [0.15, 0.2) is 53.5 Å². The molecule has 2 nitrogen and oxygen atoms in total. The zero-order chi connectivity index (χ0) is 15.2. The normalized spacial score (nSPS) is 10.2. The van der Waals surface area contributed by atoms with Crippen LogP contribution in [-0.4, -0.2) is 6.61 Å². The van der Waals surface area contributed by atoms with Gasteiger partial charge in [-0.15, -0.1) is 0 Å². The molecule has 0 heterocycles. The molecule has 0 atom stereocenters. The predicted molar refractivity (Wildman–Crippen MR) is 83.5 cm³/mol. The van der Waals surface area contributed by atoms with Gasteiger partial charge < -0.3 is 10.1 Å². The molecular formula is C16H14BrF2NO. The molecule has 0 spiro atoms. The Morgan fingerprint density at radius 2 is 1.95 bits per heavy atom. The van der Waals surface area contributed by atoms with Crippen LogP contribution in [0, 0.1) is 11.6 Å². The molecule has 0 aromatic heterocycles. The number of ether oxygens (including phenoxy) is 1. The van der Waals surface area contributed by atoms with Crippen molar-refractivity contribution in [3.8, 4) is 5.75 Å². The minimum Gasteiger partial charge on any atom is -0.489 e. The highest BCUT2D eigenvalue weighted by molar-refractivity contribution is 9.10. The van der Waals surface area contributed by atoms with Crippen LogP contribution in [0.4, 0.5) is 14.5 Å². The summed E-state index contributed by atoms with van der Waals surface area (Å²) >= 11 is 3.04. The van der Waals surface area contributed by atoms with E-state index in [9.17, 15) is 8.78 Å². The first kappa shape index (κ1) is 15.5. The summed E-state index contributed by atoms with van der Waals surface area (Å²) in [5.74, 6) is -0.570. The van der Waals surface area contributed by atoms with Gasteiger partial charge in [-0.1, -0.05) is 30.9 Å². The first-order valence-electron chi connectivity index (χ1n) is 6.32. The molecule has 2 aromatic carbocycles. The quantitative estimate of drug-likeness (QED) is 0.588. The van der Waals surface area contributed by atoms with Crippen molar-refractivity contribution in [1.82, 2.24) is 0 Å². The SMILES string of the molecule is C=CCOc1ccccc1CNc1cc(Br)c(F)cc1F. The average molecular weight is 354 g/mol. The molecule has 5 heteroatoms. The van der Waals surface area contributed by atoms with Crippen LogP contribution in [0.2, 0.25) is 0 Å². The second-order valence-electron chi connectivity index (χ2n) is 4.31. The smallest absolute Gasteiger partial charge is 0.149 e. The molecule has 0 aliphatic heterocycles. The molecule has 1 N–H and O–H groups in total. The zero-order valence-electron chi connectivity index (χ0n) is 11.2. The number of nitrogens with one attached hydrogen (secondary N) is 1. The van der Waals surface area contributed by atoms with E-state index in [-0.39, 0.29) is 10.2 Å². The standard InChI is InChI=1S/C16H14BrF2NO/c1-2-7-21-16-6-4-3-5-11(16)10-20-15-8-12(17)13(18)9-14(15)19/h2-6,8-9,20H,1,7,10H2. The van der Waals surface area contributed by atoms with Gasteiger partial charge in [-0.2, -0.15) is 0 Å². The van der Waals surface area contributed by atoms with Gasteiger partial charge in [0.15, 0.2) is 0 Å². The van der Waals surface area contributed by atoms with Crippen LogP contribution >= 0.6 is 15.9 Å². The summed E-state index contributed by atoms with van der Waals surface area (Å²) in [6.45, 7) is 4.36. The van der Waals surface area contributed by atoms with Crippen molar-refractivity contribution in [1.29, 1.82) is 0 Å². The largest absolute Gasteiger partial charge is 0.489 e. The van der Waals surface area contributed by atoms with Crippen LogP contribution in [-0.2, 0) is 6.54 Å². The van der Waals surface area contributed by atoms with Crippen LogP contribution in [0.3, 0.4) is 0 Å². The second-order valence-corrected chi connectivity index (χ2v) is 5.16. The van der Waals surface area contributed by atoms with Crippen LogP contribution in [0.5, 0.6) is 5.75 Å². The van der Waals surface area contributed by atoms with E-state index in [1.54, 1.807) is 6.08 Å². The second kappa shape index (κ2) is 7.22. The first-order chi connectivity index (χ1) is 10.1. The Labute approximate surface area is 130 Å². The third-order valence-electron chi connectivity index (χ3n) is 2.81. The van der Waals surface area contributed by atoms with Gasteiger partial charge in [0.25, 0.3) is 0 Å². The van der Waals surface area contributed by atoms with E-state index in [2.05, 4.69) is 27.8 Å². The van der Waals surface area contributed by atoms with E-state index in [1.165, 1.54) is 6.07 Å². The summed E-state index contributed by atoms with van der Waals surface area (Å²) in [5, 5.41) is 2.94. The predicted octanol–water partition coefficient (Wildman–Crippen LogP) is 4.90. The molecule has 0 radical (unpaired) electrons. The van der Waals surface area contributed by atoms with Gasteiger partial charge in [0.1, 0.15) is 24.0 Å². The fourth-order valence-corrected chi connectivity index (χ4v) is 2.13. The lowest BCUT2D eigenvalue weighted by Gasteiger charge is -2.12. The highest BCUT2D eigenvalue weighted by atomic mass is 79.9. The third kappa shape index (κ3) is 4.04. The van der Waals surface area contributed by atoms with E-state index in [1.807, 2.05) is 24.3 Å². The van der Waals surface area contributed by atoms with Gasteiger partial charge in [0, 0.05) is 18.2 Å². The molecule has 110 valence electrons. The number of halogens is 3. The maximum atomic E-state index is 13.7. The fourth-order valence-electron chi connectivity index (χ4n) is 1.79. The molecule has 0 saturated heterocycles.